The molecule has 0 spiro atoms. The summed E-state index contributed by atoms with van der Waals surface area (Å²) < 4.78 is 0. The second kappa shape index (κ2) is 21.0. The molecule has 0 aliphatic carbocycles. The molecular formula is C45H48IrN3. The summed E-state index contributed by atoms with van der Waals surface area (Å²) in [4.78, 5) is 13.2. The zero-order valence-electron chi connectivity index (χ0n) is 29.7. The number of hydrogen-bond donors (Lipinski definition) is 0. The van der Waals surface area contributed by atoms with Crippen molar-refractivity contribution in [2.24, 2.45) is 17.8 Å². The molecule has 4 heteroatoms. The number of aromatic nitrogens is 3. The minimum absolute atomic E-state index is 0. The molecule has 0 unspecified atom stereocenters. The first-order valence-electron chi connectivity index (χ1n) is 17.0. The van der Waals surface area contributed by atoms with E-state index in [-0.39, 0.29) is 20.1 Å². The van der Waals surface area contributed by atoms with Crippen LogP contribution in [0.5, 0.6) is 0 Å². The first kappa shape index (κ1) is 39.2. The minimum atomic E-state index is 0. The molecule has 49 heavy (non-hydrogen) atoms. The van der Waals surface area contributed by atoms with Crippen LogP contribution in [0.15, 0.2) is 128 Å². The third-order valence-corrected chi connectivity index (χ3v) is 7.36. The van der Waals surface area contributed by atoms with Crippen molar-refractivity contribution in [2.45, 2.75) is 60.8 Å². The van der Waals surface area contributed by atoms with Crippen LogP contribution in [0.4, 0.5) is 0 Å². The SMILES string of the molecule is CC(C)Cc1ccnc(-c2[c-]cccc2)c1.CC(C)Cc1ccnc(-c2[c-]cccc2)c1.CC(C)Cc1ccnc(-c2[c-]cccc2)c1.[Ir+3]. The van der Waals surface area contributed by atoms with Gasteiger partial charge in [-0.25, -0.2) is 0 Å². The molecule has 0 bridgehead atoms. The van der Waals surface area contributed by atoms with E-state index in [0.29, 0.717) is 17.8 Å². The average molecular weight is 823 g/mol. The Kier molecular flexibility index (Phi) is 16.8. The van der Waals surface area contributed by atoms with Crippen LogP contribution in [-0.4, -0.2) is 15.0 Å². The zero-order chi connectivity index (χ0) is 34.1. The van der Waals surface area contributed by atoms with Gasteiger partial charge in [-0.15, -0.1) is 108 Å². The number of nitrogens with zero attached hydrogens (tertiary/aromatic N) is 3. The summed E-state index contributed by atoms with van der Waals surface area (Å²) in [6.07, 6.45) is 8.95. The van der Waals surface area contributed by atoms with Crippen molar-refractivity contribution in [1.29, 1.82) is 0 Å². The Bertz CT molecular complexity index is 1560. The van der Waals surface area contributed by atoms with Crippen molar-refractivity contribution in [1.82, 2.24) is 15.0 Å². The van der Waals surface area contributed by atoms with Gasteiger partial charge < -0.3 is 15.0 Å². The molecule has 0 N–H and O–H groups in total. The molecule has 6 aromatic rings. The normalized spacial score (nSPS) is 10.5. The summed E-state index contributed by atoms with van der Waals surface area (Å²) in [5.74, 6) is 2.03. The van der Waals surface area contributed by atoms with E-state index in [0.717, 1.165) is 53.0 Å². The molecule has 3 heterocycles. The van der Waals surface area contributed by atoms with E-state index in [4.69, 9.17) is 0 Å². The Balaban J connectivity index is 0.000000197. The van der Waals surface area contributed by atoms with Crippen molar-refractivity contribution in [3.05, 3.63) is 163 Å². The fraction of sp³-hybridized carbons (Fsp3) is 0.267. The predicted octanol–water partition coefficient (Wildman–Crippen LogP) is 11.2. The van der Waals surface area contributed by atoms with Gasteiger partial charge in [-0.2, -0.15) is 0 Å². The molecule has 0 radical (unpaired) electrons. The summed E-state index contributed by atoms with van der Waals surface area (Å²) in [6, 6.07) is 46.2. The van der Waals surface area contributed by atoms with Crippen molar-refractivity contribution in [2.75, 3.05) is 0 Å². The van der Waals surface area contributed by atoms with E-state index >= 15 is 0 Å². The second-order valence-corrected chi connectivity index (χ2v) is 13.3. The van der Waals surface area contributed by atoms with E-state index in [1.54, 1.807) is 0 Å². The zero-order valence-corrected chi connectivity index (χ0v) is 32.0. The Labute approximate surface area is 308 Å². The first-order chi connectivity index (χ1) is 23.3. The standard InChI is InChI=1S/3C15H16N.Ir/c3*1-12(2)10-13-8-9-16-15(11-13)14-6-4-3-5-7-14;/h3*3-6,8-9,11-12H,10H2,1-2H3;/q3*-1;+3. The third kappa shape index (κ3) is 14.0. The maximum atomic E-state index is 4.39. The molecule has 3 nitrogen and oxygen atoms in total. The summed E-state index contributed by atoms with van der Waals surface area (Å²) in [5, 5.41) is 0. The third-order valence-electron chi connectivity index (χ3n) is 7.36. The predicted molar refractivity (Wildman–Crippen MR) is 201 cm³/mol. The molecule has 6 rings (SSSR count). The molecule has 3 aromatic heterocycles. The minimum Gasteiger partial charge on any atom is -0.305 e. The molecule has 0 atom stereocenters. The van der Waals surface area contributed by atoms with E-state index in [9.17, 15) is 0 Å². The Morgan fingerprint density at radius 3 is 0.939 bits per heavy atom. The maximum absolute atomic E-state index is 4.39. The first-order valence-corrected chi connectivity index (χ1v) is 17.0. The van der Waals surface area contributed by atoms with Gasteiger partial charge in [0.05, 0.1) is 0 Å². The van der Waals surface area contributed by atoms with Crippen LogP contribution in [0.2, 0.25) is 0 Å². The summed E-state index contributed by atoms with van der Waals surface area (Å²) in [6.45, 7) is 13.4. The van der Waals surface area contributed by atoms with Crippen LogP contribution in [0.25, 0.3) is 33.8 Å². The summed E-state index contributed by atoms with van der Waals surface area (Å²) in [5.41, 5.74) is 10.3. The molecule has 252 valence electrons. The van der Waals surface area contributed by atoms with E-state index < -0.39 is 0 Å². The van der Waals surface area contributed by atoms with Gasteiger partial charge in [-0.3, -0.25) is 0 Å². The van der Waals surface area contributed by atoms with Gasteiger partial charge in [0.25, 0.3) is 0 Å². The van der Waals surface area contributed by atoms with Gasteiger partial charge >= 0.3 is 20.1 Å². The smallest absolute Gasteiger partial charge is 0.305 e. The van der Waals surface area contributed by atoms with Gasteiger partial charge in [-0.05, 0) is 72.3 Å². The molecule has 0 amide bonds. The van der Waals surface area contributed by atoms with Gasteiger partial charge in [0, 0.05) is 18.6 Å². The number of hydrogen-bond acceptors (Lipinski definition) is 3. The Morgan fingerprint density at radius 2 is 0.714 bits per heavy atom. The topological polar surface area (TPSA) is 38.7 Å². The summed E-state index contributed by atoms with van der Waals surface area (Å²) in [7, 11) is 0. The van der Waals surface area contributed by atoms with Crippen LogP contribution < -0.4 is 0 Å². The molecule has 0 aliphatic heterocycles. The van der Waals surface area contributed by atoms with Gasteiger partial charge in [-0.1, -0.05) is 76.4 Å². The van der Waals surface area contributed by atoms with Crippen molar-refractivity contribution in [3.63, 3.8) is 0 Å². The van der Waals surface area contributed by atoms with Crippen molar-refractivity contribution < 1.29 is 20.1 Å². The average Bonchev–Trinajstić information content (AvgIpc) is 3.10. The van der Waals surface area contributed by atoms with Crippen LogP contribution in [0, 0.1) is 36.0 Å². The largest absolute Gasteiger partial charge is 3.00 e. The van der Waals surface area contributed by atoms with Crippen molar-refractivity contribution >= 4 is 0 Å². The second-order valence-electron chi connectivity index (χ2n) is 13.3. The van der Waals surface area contributed by atoms with Crippen LogP contribution in [0.3, 0.4) is 0 Å². The van der Waals surface area contributed by atoms with Gasteiger partial charge in [0.2, 0.25) is 0 Å². The van der Waals surface area contributed by atoms with Crippen LogP contribution in [-0.2, 0) is 39.4 Å². The number of pyridine rings is 3. The van der Waals surface area contributed by atoms with Crippen LogP contribution >= 0.6 is 0 Å². The number of benzene rings is 3. The Morgan fingerprint density at radius 1 is 0.429 bits per heavy atom. The Hall–Kier alpha value is -4.24. The maximum Gasteiger partial charge on any atom is 3.00 e. The molecule has 3 aromatic carbocycles. The van der Waals surface area contributed by atoms with Crippen LogP contribution in [0.1, 0.15) is 58.2 Å². The number of rotatable bonds is 9. The molecule has 0 fully saturated rings. The fourth-order valence-electron chi connectivity index (χ4n) is 5.32. The molecule has 0 saturated carbocycles. The fourth-order valence-corrected chi connectivity index (χ4v) is 5.32. The van der Waals surface area contributed by atoms with E-state index in [1.165, 1.54) is 16.7 Å². The van der Waals surface area contributed by atoms with Gasteiger partial charge in [0.1, 0.15) is 0 Å². The van der Waals surface area contributed by atoms with Crippen molar-refractivity contribution in [3.8, 4) is 33.8 Å². The van der Waals surface area contributed by atoms with E-state index in [1.807, 2.05) is 91.4 Å². The van der Waals surface area contributed by atoms with E-state index in [2.05, 4.69) is 111 Å². The molecule has 0 saturated heterocycles. The molecular weight excluding hydrogens is 775 g/mol. The molecule has 0 aliphatic rings. The summed E-state index contributed by atoms with van der Waals surface area (Å²) >= 11 is 0. The quantitative estimate of drug-likeness (QED) is 0.136. The monoisotopic (exact) mass is 823 g/mol. The van der Waals surface area contributed by atoms with Gasteiger partial charge in [0.15, 0.2) is 0 Å².